The van der Waals surface area contributed by atoms with Crippen molar-refractivity contribution in [2.24, 2.45) is 5.92 Å². The van der Waals surface area contributed by atoms with E-state index in [1.54, 1.807) is 0 Å². The molecule has 0 radical (unpaired) electrons. The fourth-order valence-electron chi connectivity index (χ4n) is 2.16. The van der Waals surface area contributed by atoms with Gasteiger partial charge in [0.2, 0.25) is 0 Å². The van der Waals surface area contributed by atoms with Crippen LogP contribution in [0.25, 0.3) is 0 Å². The second-order valence-corrected chi connectivity index (χ2v) is 4.74. The monoisotopic (exact) mass is 266 g/mol. The van der Waals surface area contributed by atoms with E-state index in [4.69, 9.17) is 19.3 Å². The predicted molar refractivity (Wildman–Crippen MR) is 72.6 cm³/mol. The Balaban J connectivity index is 1.97. The zero-order valence-corrected chi connectivity index (χ0v) is 11.4. The van der Waals surface area contributed by atoms with Crippen molar-refractivity contribution in [3.05, 3.63) is 23.8 Å². The molecular weight excluding hydrogens is 244 g/mol. The van der Waals surface area contributed by atoms with Crippen molar-refractivity contribution in [3.8, 4) is 11.5 Å². The van der Waals surface area contributed by atoms with Crippen LogP contribution in [0.15, 0.2) is 18.2 Å². The minimum absolute atomic E-state index is 0.0142. The lowest BCUT2D eigenvalue weighted by molar-refractivity contribution is 0.0492. The largest absolute Gasteiger partial charge is 0.490 e. The van der Waals surface area contributed by atoms with Gasteiger partial charge in [0.1, 0.15) is 0 Å². The Labute approximate surface area is 114 Å². The summed E-state index contributed by atoms with van der Waals surface area (Å²) >= 11 is 0. The zero-order valence-electron chi connectivity index (χ0n) is 11.4. The number of benzene rings is 1. The van der Waals surface area contributed by atoms with Gasteiger partial charge in [-0.25, -0.2) is 0 Å². The molecule has 0 unspecified atom stereocenters. The van der Waals surface area contributed by atoms with Gasteiger partial charge >= 0.3 is 0 Å². The van der Waals surface area contributed by atoms with E-state index in [0.717, 1.165) is 37.4 Å². The molecule has 2 rings (SSSR count). The maximum Gasteiger partial charge on any atom is 0.161 e. The van der Waals surface area contributed by atoms with E-state index in [0.29, 0.717) is 24.9 Å². The van der Waals surface area contributed by atoms with Crippen LogP contribution < -0.4 is 9.47 Å². The fourth-order valence-corrected chi connectivity index (χ4v) is 2.16. The van der Waals surface area contributed by atoms with Gasteiger partial charge in [-0.15, -0.1) is 0 Å². The van der Waals surface area contributed by atoms with Gasteiger partial charge in [0.15, 0.2) is 11.5 Å². The first-order valence-electron chi connectivity index (χ1n) is 6.90. The van der Waals surface area contributed by atoms with E-state index in [1.807, 2.05) is 25.1 Å². The molecular formula is C15H22O4. The Bertz CT molecular complexity index is 386. The van der Waals surface area contributed by atoms with Crippen LogP contribution in [-0.4, -0.2) is 31.5 Å². The zero-order chi connectivity index (χ0) is 13.5. The summed E-state index contributed by atoms with van der Waals surface area (Å²) in [5.41, 5.74) is 0.835. The van der Waals surface area contributed by atoms with Crippen LogP contribution >= 0.6 is 0 Å². The molecule has 0 saturated carbocycles. The summed E-state index contributed by atoms with van der Waals surface area (Å²) in [5, 5.41) is 9.14. The maximum absolute atomic E-state index is 9.14. The molecule has 1 aliphatic rings. The first-order chi connectivity index (χ1) is 9.33. The average molecular weight is 266 g/mol. The van der Waals surface area contributed by atoms with E-state index in [9.17, 15) is 0 Å². The van der Waals surface area contributed by atoms with Crippen LogP contribution in [0.2, 0.25) is 0 Å². The van der Waals surface area contributed by atoms with Crippen LogP contribution in [0.5, 0.6) is 11.5 Å². The first-order valence-corrected chi connectivity index (χ1v) is 6.90. The molecule has 1 aliphatic heterocycles. The third-order valence-electron chi connectivity index (χ3n) is 3.31. The molecule has 106 valence electrons. The highest BCUT2D eigenvalue weighted by Crippen LogP contribution is 2.29. The van der Waals surface area contributed by atoms with Crippen LogP contribution in [0.1, 0.15) is 25.3 Å². The minimum Gasteiger partial charge on any atom is -0.490 e. The molecule has 1 aromatic carbocycles. The van der Waals surface area contributed by atoms with Crippen molar-refractivity contribution in [1.29, 1.82) is 0 Å². The Kier molecular flexibility index (Phi) is 5.48. The van der Waals surface area contributed by atoms with Gasteiger partial charge in [0, 0.05) is 13.2 Å². The summed E-state index contributed by atoms with van der Waals surface area (Å²) < 4.78 is 16.8. The molecule has 0 spiro atoms. The SMILES string of the molecule is CCOc1cc(CO)ccc1OCC1CCOCC1. The van der Waals surface area contributed by atoms with E-state index >= 15 is 0 Å². The third kappa shape index (κ3) is 4.11. The van der Waals surface area contributed by atoms with Gasteiger partial charge in [-0.05, 0) is 43.4 Å². The predicted octanol–water partition coefficient (Wildman–Crippen LogP) is 2.38. The van der Waals surface area contributed by atoms with Crippen LogP contribution in [0.3, 0.4) is 0 Å². The fraction of sp³-hybridized carbons (Fsp3) is 0.600. The summed E-state index contributed by atoms with van der Waals surface area (Å²) in [5.74, 6) is 2.02. The second kappa shape index (κ2) is 7.36. The topological polar surface area (TPSA) is 47.9 Å². The number of hydrogen-bond donors (Lipinski definition) is 1. The van der Waals surface area contributed by atoms with Crippen molar-refractivity contribution < 1.29 is 19.3 Å². The van der Waals surface area contributed by atoms with Crippen LogP contribution in [0, 0.1) is 5.92 Å². The molecule has 19 heavy (non-hydrogen) atoms. The molecule has 0 atom stereocenters. The standard InChI is InChI=1S/C15H22O4/c1-2-18-15-9-13(10-16)3-4-14(15)19-11-12-5-7-17-8-6-12/h3-4,9,12,16H,2,5-8,10-11H2,1H3. The summed E-state index contributed by atoms with van der Waals surface area (Å²) in [4.78, 5) is 0. The summed E-state index contributed by atoms with van der Waals surface area (Å²) in [6.45, 7) is 4.89. The normalized spacial score (nSPS) is 16.3. The van der Waals surface area contributed by atoms with Crippen LogP contribution in [0.4, 0.5) is 0 Å². The Morgan fingerprint density at radius 2 is 2.00 bits per heavy atom. The highest BCUT2D eigenvalue weighted by Gasteiger charge is 2.15. The molecule has 1 heterocycles. The summed E-state index contributed by atoms with van der Waals surface area (Å²) in [7, 11) is 0. The molecule has 0 amide bonds. The van der Waals surface area contributed by atoms with E-state index in [-0.39, 0.29) is 6.61 Å². The number of aliphatic hydroxyl groups excluding tert-OH is 1. The lowest BCUT2D eigenvalue weighted by Crippen LogP contribution is -2.21. The van der Waals surface area contributed by atoms with E-state index in [2.05, 4.69) is 0 Å². The Hall–Kier alpha value is -1.26. The third-order valence-corrected chi connectivity index (χ3v) is 3.31. The van der Waals surface area contributed by atoms with Crippen molar-refractivity contribution in [1.82, 2.24) is 0 Å². The van der Waals surface area contributed by atoms with E-state index < -0.39 is 0 Å². The number of rotatable bonds is 6. The quantitative estimate of drug-likeness (QED) is 0.859. The highest BCUT2D eigenvalue weighted by molar-refractivity contribution is 5.42. The number of aliphatic hydroxyl groups is 1. The molecule has 1 fully saturated rings. The van der Waals surface area contributed by atoms with Gasteiger partial charge in [-0.2, -0.15) is 0 Å². The molecule has 0 aromatic heterocycles. The van der Waals surface area contributed by atoms with Gasteiger partial charge in [-0.1, -0.05) is 6.07 Å². The van der Waals surface area contributed by atoms with Crippen molar-refractivity contribution in [3.63, 3.8) is 0 Å². The smallest absolute Gasteiger partial charge is 0.161 e. The van der Waals surface area contributed by atoms with Crippen molar-refractivity contribution >= 4 is 0 Å². The van der Waals surface area contributed by atoms with Crippen molar-refractivity contribution in [2.75, 3.05) is 26.4 Å². The molecule has 0 bridgehead atoms. The second-order valence-electron chi connectivity index (χ2n) is 4.74. The lowest BCUT2D eigenvalue weighted by atomic mass is 10.0. The molecule has 4 heteroatoms. The summed E-state index contributed by atoms with van der Waals surface area (Å²) in [6, 6.07) is 5.57. The maximum atomic E-state index is 9.14. The van der Waals surface area contributed by atoms with Crippen molar-refractivity contribution in [2.45, 2.75) is 26.4 Å². The summed E-state index contributed by atoms with van der Waals surface area (Å²) in [6.07, 6.45) is 2.11. The molecule has 1 N–H and O–H groups in total. The van der Waals surface area contributed by atoms with Gasteiger partial charge in [0.25, 0.3) is 0 Å². The molecule has 1 saturated heterocycles. The van der Waals surface area contributed by atoms with Gasteiger partial charge < -0.3 is 19.3 Å². The first kappa shape index (κ1) is 14.2. The van der Waals surface area contributed by atoms with Gasteiger partial charge in [0.05, 0.1) is 19.8 Å². The molecule has 4 nitrogen and oxygen atoms in total. The Morgan fingerprint density at radius 1 is 1.21 bits per heavy atom. The average Bonchev–Trinajstić information content (AvgIpc) is 2.47. The van der Waals surface area contributed by atoms with Crippen LogP contribution in [-0.2, 0) is 11.3 Å². The minimum atomic E-state index is 0.0142. The Morgan fingerprint density at radius 3 is 2.68 bits per heavy atom. The number of ether oxygens (including phenoxy) is 3. The number of hydrogen-bond acceptors (Lipinski definition) is 4. The van der Waals surface area contributed by atoms with Gasteiger partial charge in [-0.3, -0.25) is 0 Å². The van der Waals surface area contributed by atoms with E-state index in [1.165, 1.54) is 0 Å². The molecule has 1 aromatic rings. The molecule has 0 aliphatic carbocycles. The highest BCUT2D eigenvalue weighted by atomic mass is 16.5. The lowest BCUT2D eigenvalue weighted by Gasteiger charge is -2.22.